The summed E-state index contributed by atoms with van der Waals surface area (Å²) in [6, 6.07) is 14.5. The third kappa shape index (κ3) is 3.72. The number of likely N-dealkylation sites (tertiary alicyclic amines) is 1. The van der Waals surface area contributed by atoms with Crippen molar-refractivity contribution >= 4 is 17.4 Å². The molecular weight excluding hydrogens is 364 g/mol. The number of carbonyl (C=O) groups excluding carboxylic acids is 2. The van der Waals surface area contributed by atoms with Crippen LogP contribution in [0.3, 0.4) is 0 Å². The van der Waals surface area contributed by atoms with Crippen LogP contribution in [0.2, 0.25) is 0 Å². The van der Waals surface area contributed by atoms with Crippen LogP contribution in [0, 0.1) is 12.8 Å². The Kier molecular flexibility index (Phi) is 5.28. The molecule has 1 N–H and O–H groups in total. The van der Waals surface area contributed by atoms with E-state index in [1.807, 2.05) is 31.2 Å². The largest absolute Gasteiger partial charge is 0.375 e. The highest BCUT2D eigenvalue weighted by Gasteiger charge is 2.51. The normalized spacial score (nSPS) is 22.7. The molecule has 0 bridgehead atoms. The van der Waals surface area contributed by atoms with E-state index in [1.165, 1.54) is 0 Å². The number of benzene rings is 2. The van der Waals surface area contributed by atoms with E-state index in [4.69, 9.17) is 0 Å². The van der Waals surface area contributed by atoms with Crippen molar-refractivity contribution in [2.45, 2.75) is 38.7 Å². The fourth-order valence-corrected chi connectivity index (χ4v) is 4.30. The van der Waals surface area contributed by atoms with E-state index in [1.54, 1.807) is 29.2 Å². The van der Waals surface area contributed by atoms with Crippen LogP contribution in [-0.2, 0) is 10.4 Å². The molecule has 0 radical (unpaired) electrons. The van der Waals surface area contributed by atoms with Gasteiger partial charge in [-0.2, -0.15) is 0 Å². The van der Waals surface area contributed by atoms with Gasteiger partial charge in [0, 0.05) is 24.2 Å². The van der Waals surface area contributed by atoms with Crippen molar-refractivity contribution in [1.29, 1.82) is 0 Å². The number of piperidine rings is 1. The second-order valence-electron chi connectivity index (χ2n) is 8.52. The van der Waals surface area contributed by atoms with E-state index in [0.29, 0.717) is 29.4 Å². The second kappa shape index (κ2) is 7.73. The number of nitrogens with zero attached hydrogens (tertiary/aromatic N) is 2. The third-order valence-electron chi connectivity index (χ3n) is 6.25. The molecule has 29 heavy (non-hydrogen) atoms. The van der Waals surface area contributed by atoms with Crippen molar-refractivity contribution in [2.75, 3.05) is 24.7 Å². The SMILES string of the molecule is Cc1ccc(C(=O)CC2(O)C(=O)N(CN3CCC(C)CC3)c3ccccc32)cc1. The van der Waals surface area contributed by atoms with Crippen LogP contribution < -0.4 is 4.90 Å². The number of hydrogen-bond donors (Lipinski definition) is 1. The second-order valence-corrected chi connectivity index (χ2v) is 8.52. The summed E-state index contributed by atoms with van der Waals surface area (Å²) in [4.78, 5) is 30.1. The van der Waals surface area contributed by atoms with Gasteiger partial charge in [0.15, 0.2) is 11.4 Å². The van der Waals surface area contributed by atoms with Crippen molar-refractivity contribution in [3.63, 3.8) is 0 Å². The Morgan fingerprint density at radius 3 is 2.45 bits per heavy atom. The molecule has 2 aromatic rings. The predicted molar refractivity (Wildman–Crippen MR) is 113 cm³/mol. The van der Waals surface area contributed by atoms with Gasteiger partial charge in [-0.05, 0) is 31.7 Å². The van der Waals surface area contributed by atoms with Crippen LogP contribution in [0.15, 0.2) is 48.5 Å². The van der Waals surface area contributed by atoms with Crippen molar-refractivity contribution in [3.8, 4) is 0 Å². The van der Waals surface area contributed by atoms with Gasteiger partial charge in [-0.3, -0.25) is 19.4 Å². The summed E-state index contributed by atoms with van der Waals surface area (Å²) in [6.07, 6.45) is 1.97. The maximum Gasteiger partial charge on any atom is 0.265 e. The number of ketones is 1. The fourth-order valence-electron chi connectivity index (χ4n) is 4.30. The van der Waals surface area contributed by atoms with Gasteiger partial charge in [-0.1, -0.05) is 55.0 Å². The molecule has 1 atom stereocenters. The van der Waals surface area contributed by atoms with Gasteiger partial charge in [0.1, 0.15) is 0 Å². The lowest BCUT2D eigenvalue weighted by molar-refractivity contribution is -0.136. The Bertz CT molecular complexity index is 916. The van der Waals surface area contributed by atoms with Crippen molar-refractivity contribution in [1.82, 2.24) is 4.90 Å². The summed E-state index contributed by atoms with van der Waals surface area (Å²) in [6.45, 7) is 6.53. The number of anilines is 1. The first-order valence-corrected chi connectivity index (χ1v) is 10.3. The average molecular weight is 392 g/mol. The predicted octanol–water partition coefficient (Wildman–Crippen LogP) is 3.49. The smallest absolute Gasteiger partial charge is 0.265 e. The first-order valence-electron chi connectivity index (χ1n) is 10.3. The van der Waals surface area contributed by atoms with E-state index in [-0.39, 0.29) is 12.2 Å². The van der Waals surface area contributed by atoms with Crippen molar-refractivity contribution in [2.24, 2.45) is 5.92 Å². The van der Waals surface area contributed by atoms with Crippen molar-refractivity contribution < 1.29 is 14.7 Å². The fraction of sp³-hybridized carbons (Fsp3) is 0.417. The zero-order valence-corrected chi connectivity index (χ0v) is 17.1. The van der Waals surface area contributed by atoms with Gasteiger partial charge in [0.25, 0.3) is 5.91 Å². The lowest BCUT2D eigenvalue weighted by Crippen LogP contribution is -2.48. The number of hydrogen-bond acceptors (Lipinski definition) is 4. The van der Waals surface area contributed by atoms with Gasteiger partial charge in [0.2, 0.25) is 0 Å². The molecule has 152 valence electrons. The first-order chi connectivity index (χ1) is 13.9. The van der Waals surface area contributed by atoms with Crippen LogP contribution >= 0.6 is 0 Å². The molecule has 2 aliphatic heterocycles. The molecule has 0 saturated carbocycles. The van der Waals surface area contributed by atoms with Crippen LogP contribution in [0.4, 0.5) is 5.69 Å². The number of rotatable bonds is 5. The van der Waals surface area contributed by atoms with Gasteiger partial charge >= 0.3 is 0 Å². The Balaban J connectivity index is 1.59. The number of para-hydroxylation sites is 1. The molecule has 1 fully saturated rings. The number of Topliss-reactive ketones (excluding diaryl/α,β-unsaturated/α-hetero) is 1. The molecule has 1 amide bonds. The van der Waals surface area contributed by atoms with Crippen molar-refractivity contribution in [3.05, 3.63) is 65.2 Å². The lowest BCUT2D eigenvalue weighted by Gasteiger charge is -2.34. The maximum absolute atomic E-state index is 13.3. The van der Waals surface area contributed by atoms with E-state index < -0.39 is 11.5 Å². The highest BCUT2D eigenvalue weighted by atomic mass is 16.3. The first kappa shape index (κ1) is 19.8. The molecule has 2 aliphatic rings. The Labute approximate surface area is 171 Å². The van der Waals surface area contributed by atoms with Gasteiger partial charge < -0.3 is 5.11 Å². The molecule has 2 aromatic carbocycles. The number of aryl methyl sites for hydroxylation is 1. The van der Waals surface area contributed by atoms with E-state index in [9.17, 15) is 14.7 Å². The summed E-state index contributed by atoms with van der Waals surface area (Å²) < 4.78 is 0. The molecule has 1 saturated heterocycles. The van der Waals surface area contributed by atoms with Crippen LogP contribution in [0.1, 0.15) is 47.7 Å². The van der Waals surface area contributed by atoms with Gasteiger partial charge in [0.05, 0.1) is 18.8 Å². The summed E-state index contributed by atoms with van der Waals surface area (Å²) in [5.41, 5.74) is 0.982. The van der Waals surface area contributed by atoms with Gasteiger partial charge in [-0.15, -0.1) is 0 Å². The molecular formula is C24H28N2O3. The highest BCUT2D eigenvalue weighted by molar-refractivity contribution is 6.10. The standard InChI is InChI=1S/C24H28N2O3/c1-17-7-9-19(10-8-17)22(27)15-24(29)20-5-3-4-6-21(20)26(23(24)28)16-25-13-11-18(2)12-14-25/h3-10,18,29H,11-16H2,1-2H3. The summed E-state index contributed by atoms with van der Waals surface area (Å²) in [5.74, 6) is 0.0685. The molecule has 2 heterocycles. The minimum atomic E-state index is -1.82. The number of fused-ring (bicyclic) bond motifs is 1. The topological polar surface area (TPSA) is 60.9 Å². The molecule has 0 aliphatic carbocycles. The Hall–Kier alpha value is -2.50. The molecule has 5 nitrogen and oxygen atoms in total. The van der Waals surface area contributed by atoms with Crippen LogP contribution in [0.5, 0.6) is 0 Å². The number of amides is 1. The summed E-state index contributed by atoms with van der Waals surface area (Å²) in [7, 11) is 0. The zero-order valence-electron chi connectivity index (χ0n) is 17.1. The van der Waals surface area contributed by atoms with E-state index >= 15 is 0 Å². The molecule has 4 rings (SSSR count). The molecule has 0 aromatic heterocycles. The lowest BCUT2D eigenvalue weighted by atomic mass is 9.88. The minimum absolute atomic E-state index is 0.232. The molecule has 1 unspecified atom stereocenters. The Morgan fingerprint density at radius 2 is 1.76 bits per heavy atom. The average Bonchev–Trinajstić information content (AvgIpc) is 2.92. The van der Waals surface area contributed by atoms with Crippen LogP contribution in [-0.4, -0.2) is 41.5 Å². The highest BCUT2D eigenvalue weighted by Crippen LogP contribution is 2.43. The summed E-state index contributed by atoms with van der Waals surface area (Å²) in [5, 5.41) is 11.4. The van der Waals surface area contributed by atoms with E-state index in [0.717, 1.165) is 31.5 Å². The monoisotopic (exact) mass is 392 g/mol. The third-order valence-corrected chi connectivity index (χ3v) is 6.25. The minimum Gasteiger partial charge on any atom is -0.375 e. The van der Waals surface area contributed by atoms with Crippen LogP contribution in [0.25, 0.3) is 0 Å². The molecule has 5 heteroatoms. The zero-order chi connectivity index (χ0) is 20.6. The van der Waals surface area contributed by atoms with E-state index in [2.05, 4.69) is 11.8 Å². The number of carbonyl (C=O) groups is 2. The quantitative estimate of drug-likeness (QED) is 0.792. The van der Waals surface area contributed by atoms with Gasteiger partial charge in [-0.25, -0.2) is 0 Å². The summed E-state index contributed by atoms with van der Waals surface area (Å²) >= 11 is 0. The maximum atomic E-state index is 13.3. The Morgan fingerprint density at radius 1 is 1.10 bits per heavy atom. The number of aliphatic hydroxyl groups is 1. The molecule has 0 spiro atoms.